The number of aryl methyl sites for hydroxylation is 1. The summed E-state index contributed by atoms with van der Waals surface area (Å²) in [5.74, 6) is 5.16. The van der Waals surface area contributed by atoms with Gasteiger partial charge in [-0.1, -0.05) is 0 Å². The first-order valence-electron chi connectivity index (χ1n) is 2.92. The summed E-state index contributed by atoms with van der Waals surface area (Å²) in [7, 11) is 0. The molecule has 3 N–H and O–H groups in total. The summed E-state index contributed by atoms with van der Waals surface area (Å²) in [5, 5.41) is 0. The van der Waals surface area contributed by atoms with Crippen molar-refractivity contribution in [1.29, 1.82) is 0 Å². The number of hydrogen-bond acceptors (Lipinski definition) is 3. The average Bonchev–Trinajstić information content (AvgIpc) is 2.14. The molecular formula is C6H9BrN2S. The number of nitrogens with two attached hydrogens (primary N) is 1. The fourth-order valence-corrected chi connectivity index (χ4v) is 2.29. The van der Waals surface area contributed by atoms with Crippen LogP contribution in [0.4, 0.5) is 0 Å². The van der Waals surface area contributed by atoms with Gasteiger partial charge >= 0.3 is 0 Å². The summed E-state index contributed by atoms with van der Waals surface area (Å²) in [6, 6.07) is 2.12. The minimum Gasteiger partial charge on any atom is -0.271 e. The molecule has 0 bridgehead atoms. The van der Waals surface area contributed by atoms with Crippen molar-refractivity contribution in [3.05, 3.63) is 20.3 Å². The van der Waals surface area contributed by atoms with E-state index in [-0.39, 0.29) is 0 Å². The van der Waals surface area contributed by atoms with Gasteiger partial charge < -0.3 is 0 Å². The van der Waals surface area contributed by atoms with Crippen molar-refractivity contribution in [3.8, 4) is 0 Å². The van der Waals surface area contributed by atoms with E-state index < -0.39 is 0 Å². The van der Waals surface area contributed by atoms with Gasteiger partial charge in [0.2, 0.25) is 0 Å². The normalized spacial score (nSPS) is 10.3. The lowest BCUT2D eigenvalue weighted by atomic mass is 10.3. The van der Waals surface area contributed by atoms with Crippen LogP contribution in [-0.2, 0) is 6.54 Å². The summed E-state index contributed by atoms with van der Waals surface area (Å²) < 4.78 is 1.19. The van der Waals surface area contributed by atoms with Gasteiger partial charge in [0.25, 0.3) is 0 Å². The number of hydrazine groups is 1. The molecule has 0 unspecified atom stereocenters. The van der Waals surface area contributed by atoms with Crippen LogP contribution in [0.25, 0.3) is 0 Å². The topological polar surface area (TPSA) is 38.0 Å². The van der Waals surface area contributed by atoms with Crippen LogP contribution in [0.2, 0.25) is 0 Å². The molecular weight excluding hydrogens is 212 g/mol. The first kappa shape index (κ1) is 8.20. The molecule has 0 fully saturated rings. The second-order valence-electron chi connectivity index (χ2n) is 2.05. The lowest BCUT2D eigenvalue weighted by molar-refractivity contribution is 0.751. The molecule has 0 aliphatic rings. The molecule has 0 amide bonds. The fourth-order valence-electron chi connectivity index (χ4n) is 0.711. The number of rotatable bonds is 2. The molecule has 0 aliphatic heterocycles. The first-order valence-corrected chi connectivity index (χ1v) is 4.53. The lowest BCUT2D eigenvalue weighted by Gasteiger charge is -1.90. The molecule has 56 valence electrons. The highest BCUT2D eigenvalue weighted by atomic mass is 79.9. The van der Waals surface area contributed by atoms with Crippen molar-refractivity contribution in [2.45, 2.75) is 13.5 Å². The quantitative estimate of drug-likeness (QED) is 0.590. The zero-order valence-corrected chi connectivity index (χ0v) is 8.05. The molecule has 10 heavy (non-hydrogen) atoms. The van der Waals surface area contributed by atoms with Crippen LogP contribution in [0.15, 0.2) is 9.85 Å². The Morgan fingerprint density at radius 2 is 2.50 bits per heavy atom. The van der Waals surface area contributed by atoms with Gasteiger partial charge in [0, 0.05) is 11.4 Å². The second-order valence-corrected chi connectivity index (χ2v) is 4.50. The minimum absolute atomic E-state index is 0.747. The van der Waals surface area contributed by atoms with E-state index in [1.54, 1.807) is 11.3 Å². The molecule has 0 aliphatic carbocycles. The van der Waals surface area contributed by atoms with E-state index in [1.807, 2.05) is 0 Å². The van der Waals surface area contributed by atoms with Crippen LogP contribution >= 0.6 is 27.3 Å². The van der Waals surface area contributed by atoms with Crippen LogP contribution in [0.1, 0.15) is 10.4 Å². The van der Waals surface area contributed by atoms with Crippen molar-refractivity contribution in [2.24, 2.45) is 5.84 Å². The monoisotopic (exact) mass is 220 g/mol. The number of thiophene rings is 1. The number of halogens is 1. The molecule has 1 aromatic heterocycles. The zero-order chi connectivity index (χ0) is 7.56. The van der Waals surface area contributed by atoms with Crippen molar-refractivity contribution in [1.82, 2.24) is 5.43 Å². The molecule has 1 aromatic rings. The molecule has 0 aromatic carbocycles. The van der Waals surface area contributed by atoms with Gasteiger partial charge in [-0.2, -0.15) is 0 Å². The Balaban J connectivity index is 2.77. The maximum Gasteiger partial charge on any atom is 0.0731 e. The molecule has 0 saturated heterocycles. The third-order valence-corrected chi connectivity index (χ3v) is 3.32. The van der Waals surface area contributed by atoms with Crippen molar-refractivity contribution in [2.75, 3.05) is 0 Å². The van der Waals surface area contributed by atoms with Crippen LogP contribution in [0, 0.1) is 6.92 Å². The van der Waals surface area contributed by atoms with Crippen LogP contribution in [0.5, 0.6) is 0 Å². The molecule has 4 heteroatoms. The van der Waals surface area contributed by atoms with E-state index in [2.05, 4.69) is 34.3 Å². The maximum atomic E-state index is 5.16. The van der Waals surface area contributed by atoms with Crippen LogP contribution in [-0.4, -0.2) is 0 Å². The first-order chi connectivity index (χ1) is 4.74. The Labute approximate surface area is 72.5 Å². The van der Waals surface area contributed by atoms with Crippen LogP contribution < -0.4 is 11.3 Å². The lowest BCUT2D eigenvalue weighted by Crippen LogP contribution is -2.19. The van der Waals surface area contributed by atoms with Gasteiger partial charge in [-0.25, -0.2) is 0 Å². The van der Waals surface area contributed by atoms with Crippen molar-refractivity contribution in [3.63, 3.8) is 0 Å². The highest BCUT2D eigenvalue weighted by Crippen LogP contribution is 2.26. The molecule has 0 radical (unpaired) electrons. The highest BCUT2D eigenvalue weighted by molar-refractivity contribution is 9.11. The fraction of sp³-hybridized carbons (Fsp3) is 0.333. The zero-order valence-electron chi connectivity index (χ0n) is 5.65. The molecule has 0 saturated carbocycles. The summed E-state index contributed by atoms with van der Waals surface area (Å²) in [6.07, 6.45) is 0. The molecule has 0 atom stereocenters. The Morgan fingerprint density at radius 1 is 1.80 bits per heavy atom. The van der Waals surface area contributed by atoms with Crippen molar-refractivity contribution < 1.29 is 0 Å². The number of nitrogens with one attached hydrogen (secondary N) is 1. The predicted molar refractivity (Wildman–Crippen MR) is 47.8 cm³/mol. The largest absolute Gasteiger partial charge is 0.271 e. The molecule has 0 spiro atoms. The summed E-state index contributed by atoms with van der Waals surface area (Å²) in [6.45, 7) is 2.82. The van der Waals surface area contributed by atoms with Gasteiger partial charge in [0.15, 0.2) is 0 Å². The van der Waals surface area contributed by atoms with Crippen molar-refractivity contribution >= 4 is 27.3 Å². The molecule has 1 heterocycles. The van der Waals surface area contributed by atoms with Gasteiger partial charge in [-0.05, 0) is 34.5 Å². The van der Waals surface area contributed by atoms with E-state index in [0.717, 1.165) is 6.54 Å². The van der Waals surface area contributed by atoms with E-state index in [9.17, 15) is 0 Å². The van der Waals surface area contributed by atoms with E-state index in [4.69, 9.17) is 5.84 Å². The third kappa shape index (κ3) is 1.79. The van der Waals surface area contributed by atoms with E-state index >= 15 is 0 Å². The SMILES string of the molecule is Cc1cc(CNN)sc1Br. The molecule has 1 rings (SSSR count). The highest BCUT2D eigenvalue weighted by Gasteiger charge is 2.00. The van der Waals surface area contributed by atoms with E-state index in [1.165, 1.54) is 14.2 Å². The van der Waals surface area contributed by atoms with Gasteiger partial charge in [-0.3, -0.25) is 11.3 Å². The smallest absolute Gasteiger partial charge is 0.0731 e. The Bertz CT molecular complexity index is 202. The summed E-state index contributed by atoms with van der Waals surface area (Å²) in [5.41, 5.74) is 3.89. The Hall–Kier alpha value is 0.100. The average molecular weight is 221 g/mol. The Morgan fingerprint density at radius 3 is 2.90 bits per heavy atom. The van der Waals surface area contributed by atoms with Gasteiger partial charge in [0.1, 0.15) is 0 Å². The Kier molecular flexibility index (Phi) is 2.85. The minimum atomic E-state index is 0.747. The van der Waals surface area contributed by atoms with Gasteiger partial charge in [0.05, 0.1) is 3.79 Å². The third-order valence-electron chi connectivity index (χ3n) is 1.18. The standard InChI is InChI=1S/C6H9BrN2S/c1-4-2-5(3-9-8)10-6(4)7/h2,9H,3,8H2,1H3. The number of hydrogen-bond donors (Lipinski definition) is 2. The van der Waals surface area contributed by atoms with Gasteiger partial charge in [-0.15, -0.1) is 11.3 Å². The second kappa shape index (κ2) is 3.48. The summed E-state index contributed by atoms with van der Waals surface area (Å²) >= 11 is 5.15. The maximum absolute atomic E-state index is 5.16. The van der Waals surface area contributed by atoms with Crippen LogP contribution in [0.3, 0.4) is 0 Å². The predicted octanol–water partition coefficient (Wildman–Crippen LogP) is 1.78. The summed E-state index contributed by atoms with van der Waals surface area (Å²) in [4.78, 5) is 1.26. The van der Waals surface area contributed by atoms with E-state index in [0.29, 0.717) is 0 Å². The molecule has 2 nitrogen and oxygen atoms in total.